The molecule has 4 heteroatoms. The quantitative estimate of drug-likeness (QED) is 0.211. The van der Waals surface area contributed by atoms with Gasteiger partial charge in [0.1, 0.15) is 0 Å². The Bertz CT molecular complexity index is 1180. The van der Waals surface area contributed by atoms with Crippen LogP contribution in [0.25, 0.3) is 0 Å². The van der Waals surface area contributed by atoms with Crippen molar-refractivity contribution in [3.8, 4) is 0 Å². The summed E-state index contributed by atoms with van der Waals surface area (Å²) in [4.78, 5) is 0. The molecule has 0 heterocycles. The molecule has 0 aliphatic heterocycles. The molecule has 0 amide bonds. The molecule has 0 saturated heterocycles. The Balaban J connectivity index is 0.000000210. The molecule has 6 aromatic rings. The van der Waals surface area contributed by atoms with Crippen LogP contribution in [-0.4, -0.2) is 29.3 Å². The van der Waals surface area contributed by atoms with Crippen LogP contribution in [0.4, 0.5) is 0 Å². The first-order valence-corrected chi connectivity index (χ1v) is 18.4. The van der Waals surface area contributed by atoms with Gasteiger partial charge in [-0.15, -0.1) is 24.8 Å². The second-order valence-corrected chi connectivity index (χ2v) is 18.0. The predicted octanol–water partition coefficient (Wildman–Crippen LogP) is 5.25. The third-order valence-corrected chi connectivity index (χ3v) is 16.3. The van der Waals surface area contributed by atoms with E-state index in [4.69, 9.17) is 0 Å². The maximum absolute atomic E-state index is 2.26. The Morgan fingerprint density at radius 1 is 0.200 bits per heavy atom. The summed E-state index contributed by atoms with van der Waals surface area (Å²) < 4.78 is 8.87. The Kier molecular flexibility index (Phi) is 13.4. The summed E-state index contributed by atoms with van der Waals surface area (Å²) in [5.74, 6) is 0. The molecule has 0 aliphatic carbocycles. The minimum absolute atomic E-state index is 0. The van der Waals surface area contributed by atoms with Crippen LogP contribution >= 0.6 is 24.8 Å². The van der Waals surface area contributed by atoms with Crippen molar-refractivity contribution in [2.45, 2.75) is 0 Å². The minimum atomic E-state index is -1.39. The first-order chi connectivity index (χ1) is 18.9. The summed E-state index contributed by atoms with van der Waals surface area (Å²) in [5.41, 5.74) is 0. The van der Waals surface area contributed by atoms with Crippen LogP contribution in [0.15, 0.2) is 182 Å². The average molecular weight is 685 g/mol. The van der Waals surface area contributed by atoms with E-state index >= 15 is 0 Å². The molecule has 0 aromatic heterocycles. The molecule has 0 saturated carbocycles. The second kappa shape index (κ2) is 17.0. The van der Waals surface area contributed by atoms with Crippen LogP contribution in [0.5, 0.6) is 0 Å². The fourth-order valence-electron chi connectivity index (χ4n) is 4.36. The molecule has 40 heavy (non-hydrogen) atoms. The monoisotopic (exact) mass is 684 g/mol. The van der Waals surface area contributed by atoms with E-state index in [1.807, 2.05) is 0 Å². The molecule has 0 nitrogen and oxygen atoms in total. The summed E-state index contributed by atoms with van der Waals surface area (Å²) in [5, 5.41) is 0. The number of benzene rings is 6. The van der Waals surface area contributed by atoms with Crippen LogP contribution < -0.4 is 26.1 Å². The number of hydrogen-bond acceptors (Lipinski definition) is 0. The van der Waals surface area contributed by atoms with Gasteiger partial charge in [-0.3, -0.25) is 0 Å². The number of rotatable bonds is 6. The van der Waals surface area contributed by atoms with Crippen molar-refractivity contribution < 1.29 is 0 Å². The van der Waals surface area contributed by atoms with Crippen LogP contribution in [0.3, 0.4) is 0 Å². The zero-order chi connectivity index (χ0) is 25.8. The Morgan fingerprint density at radius 2 is 0.325 bits per heavy atom. The van der Waals surface area contributed by atoms with Crippen molar-refractivity contribution in [3.05, 3.63) is 182 Å². The normalized spacial score (nSPS) is 10.1. The van der Waals surface area contributed by atoms with E-state index in [1.54, 1.807) is 0 Å². The molecule has 0 aliphatic rings. The van der Waals surface area contributed by atoms with Gasteiger partial charge in [0.2, 0.25) is 0 Å². The van der Waals surface area contributed by atoms with E-state index in [1.165, 1.54) is 26.1 Å². The SMILES string of the molecule is Cl.Cl.c1ccc([As](c2ccccc2)c2ccccc2)cc1.c1ccc([As](c2ccccc2)c2ccccc2)cc1. The molecule has 0 atom stereocenters. The Morgan fingerprint density at radius 3 is 0.450 bits per heavy atom. The first kappa shape index (κ1) is 31.5. The standard InChI is InChI=1S/2C18H15As.2ClH/c2*1-4-10-16(11-5-1)19(17-12-6-2-7-13-17)18-14-8-3-9-15-18;;/h2*1-15H;2*1H. The van der Waals surface area contributed by atoms with Gasteiger partial charge in [-0.2, -0.15) is 0 Å². The van der Waals surface area contributed by atoms with Gasteiger partial charge in [0, 0.05) is 0 Å². The molecule has 0 unspecified atom stereocenters. The van der Waals surface area contributed by atoms with Crippen LogP contribution in [0.1, 0.15) is 0 Å². The van der Waals surface area contributed by atoms with Gasteiger partial charge in [0.15, 0.2) is 0 Å². The molecule has 0 spiro atoms. The van der Waals surface area contributed by atoms with Gasteiger partial charge in [-0.25, -0.2) is 0 Å². The van der Waals surface area contributed by atoms with Crippen molar-refractivity contribution in [1.29, 1.82) is 0 Å². The van der Waals surface area contributed by atoms with Gasteiger partial charge in [-0.1, -0.05) is 0 Å². The Labute approximate surface area is 260 Å². The summed E-state index contributed by atoms with van der Waals surface area (Å²) in [7, 11) is 0. The van der Waals surface area contributed by atoms with Gasteiger partial charge in [0.05, 0.1) is 0 Å². The Hall–Kier alpha value is -2.98. The molecule has 200 valence electrons. The number of hydrogen-bond donors (Lipinski definition) is 0. The summed E-state index contributed by atoms with van der Waals surface area (Å²) >= 11 is -2.78. The van der Waals surface area contributed by atoms with Gasteiger partial charge in [0.25, 0.3) is 0 Å². The molecule has 0 bridgehead atoms. The van der Waals surface area contributed by atoms with E-state index < -0.39 is 29.3 Å². The predicted molar refractivity (Wildman–Crippen MR) is 182 cm³/mol. The summed E-state index contributed by atoms with van der Waals surface area (Å²) in [6.07, 6.45) is 0. The third-order valence-electron chi connectivity index (χ3n) is 6.09. The van der Waals surface area contributed by atoms with Crippen molar-refractivity contribution in [1.82, 2.24) is 0 Å². The zero-order valence-electron chi connectivity index (χ0n) is 22.0. The molecule has 0 radical (unpaired) electrons. The fraction of sp³-hybridized carbons (Fsp3) is 0. The molecule has 0 fully saturated rings. The molecule has 6 aromatic carbocycles. The second-order valence-electron chi connectivity index (χ2n) is 8.68. The van der Waals surface area contributed by atoms with E-state index in [9.17, 15) is 0 Å². The van der Waals surface area contributed by atoms with Gasteiger partial charge in [-0.05, 0) is 0 Å². The molecule has 6 rings (SSSR count). The fourth-order valence-corrected chi connectivity index (χ4v) is 14.0. The van der Waals surface area contributed by atoms with Crippen molar-refractivity contribution in [3.63, 3.8) is 0 Å². The molecular weight excluding hydrogens is 653 g/mol. The number of halogens is 2. The third kappa shape index (κ3) is 8.51. The molecular formula is C36H32As2Cl2. The van der Waals surface area contributed by atoms with E-state index in [-0.39, 0.29) is 24.8 Å². The van der Waals surface area contributed by atoms with Crippen molar-refractivity contribution in [2.24, 2.45) is 0 Å². The van der Waals surface area contributed by atoms with E-state index in [0.717, 1.165) is 0 Å². The van der Waals surface area contributed by atoms with Crippen LogP contribution in [0, 0.1) is 0 Å². The average Bonchev–Trinajstić information content (AvgIpc) is 3.01. The first-order valence-electron chi connectivity index (χ1n) is 12.8. The van der Waals surface area contributed by atoms with Crippen LogP contribution in [0.2, 0.25) is 0 Å². The summed E-state index contributed by atoms with van der Waals surface area (Å²) in [6.45, 7) is 0. The van der Waals surface area contributed by atoms with E-state index in [2.05, 4.69) is 182 Å². The van der Waals surface area contributed by atoms with Crippen molar-refractivity contribution >= 4 is 80.2 Å². The maximum atomic E-state index is 2.26. The van der Waals surface area contributed by atoms with Gasteiger partial charge < -0.3 is 0 Å². The topological polar surface area (TPSA) is 0 Å². The van der Waals surface area contributed by atoms with Gasteiger partial charge >= 0.3 is 237 Å². The van der Waals surface area contributed by atoms with E-state index in [0.29, 0.717) is 0 Å². The zero-order valence-corrected chi connectivity index (χ0v) is 27.4. The molecule has 0 N–H and O–H groups in total. The van der Waals surface area contributed by atoms with Crippen LogP contribution in [-0.2, 0) is 0 Å². The summed E-state index contributed by atoms with van der Waals surface area (Å²) in [6, 6.07) is 65.4. The van der Waals surface area contributed by atoms with Crippen molar-refractivity contribution in [2.75, 3.05) is 0 Å².